The maximum absolute atomic E-state index is 12.9. The van der Waals surface area contributed by atoms with Crippen LogP contribution in [0.3, 0.4) is 0 Å². The van der Waals surface area contributed by atoms with Crippen LogP contribution in [0.25, 0.3) is 11.4 Å². The van der Waals surface area contributed by atoms with Gasteiger partial charge in [-0.05, 0) is 49.6 Å². The fourth-order valence-corrected chi connectivity index (χ4v) is 2.65. The summed E-state index contributed by atoms with van der Waals surface area (Å²) in [5.74, 6) is 1.59. The van der Waals surface area contributed by atoms with Crippen LogP contribution in [0.15, 0.2) is 28.8 Å². The minimum Gasteiger partial charge on any atom is -0.337 e. The summed E-state index contributed by atoms with van der Waals surface area (Å²) < 4.78 is 18.3. The second-order valence-electron chi connectivity index (χ2n) is 5.27. The quantitative estimate of drug-likeness (QED) is 0.933. The number of halogens is 1. The Balaban J connectivity index is 1.78. The predicted molar refractivity (Wildman–Crippen MR) is 73.5 cm³/mol. The molecule has 1 aromatic heterocycles. The molecule has 1 aliphatic heterocycles. The van der Waals surface area contributed by atoms with E-state index in [1.165, 1.54) is 25.0 Å². The lowest BCUT2D eigenvalue weighted by molar-refractivity contribution is 0.246. The van der Waals surface area contributed by atoms with Crippen LogP contribution in [-0.4, -0.2) is 16.7 Å². The van der Waals surface area contributed by atoms with E-state index >= 15 is 0 Å². The largest absolute Gasteiger partial charge is 0.337 e. The van der Waals surface area contributed by atoms with Gasteiger partial charge in [0.1, 0.15) is 5.82 Å². The summed E-state index contributed by atoms with van der Waals surface area (Å²) >= 11 is 0. The summed E-state index contributed by atoms with van der Waals surface area (Å²) in [6.45, 7) is 3.20. The molecular formula is C15H18FN3O. The van der Waals surface area contributed by atoms with Crippen LogP contribution in [0, 0.1) is 11.7 Å². The fourth-order valence-electron chi connectivity index (χ4n) is 2.65. The number of piperidine rings is 1. The Morgan fingerprint density at radius 3 is 2.90 bits per heavy atom. The molecule has 1 N–H and O–H groups in total. The first-order valence-corrected chi connectivity index (χ1v) is 7.09. The normalized spacial score (nSPS) is 22.9. The average molecular weight is 275 g/mol. The van der Waals surface area contributed by atoms with Crippen molar-refractivity contribution in [2.45, 2.75) is 32.2 Å². The molecule has 0 radical (unpaired) electrons. The molecule has 106 valence electrons. The lowest BCUT2D eigenvalue weighted by atomic mass is 9.90. The number of hydrogen-bond acceptors (Lipinski definition) is 4. The molecular weight excluding hydrogens is 257 g/mol. The Morgan fingerprint density at radius 2 is 2.15 bits per heavy atom. The molecule has 1 aliphatic rings. The first-order chi connectivity index (χ1) is 9.76. The van der Waals surface area contributed by atoms with Crippen molar-refractivity contribution in [3.8, 4) is 11.4 Å². The van der Waals surface area contributed by atoms with Crippen LogP contribution in [0.2, 0.25) is 0 Å². The number of rotatable bonds is 3. The fraction of sp³-hybridized carbons (Fsp3) is 0.467. The standard InChI is InChI=1S/C15H18FN3O/c1-2-10-7-8-17-13(9-10)15-18-14(19-20-15)11-3-5-12(16)6-4-11/h3-6,10,13,17H,2,7-9H2,1H3. The zero-order valence-electron chi connectivity index (χ0n) is 11.5. The molecule has 1 aromatic carbocycles. The number of nitrogens with one attached hydrogen (secondary N) is 1. The van der Waals surface area contributed by atoms with Crippen molar-refractivity contribution in [2.24, 2.45) is 5.92 Å². The van der Waals surface area contributed by atoms with Crippen LogP contribution < -0.4 is 5.32 Å². The Bertz CT molecular complexity index is 567. The minimum atomic E-state index is -0.266. The molecule has 2 aromatic rings. The highest BCUT2D eigenvalue weighted by Crippen LogP contribution is 2.29. The Morgan fingerprint density at radius 1 is 1.35 bits per heavy atom. The maximum Gasteiger partial charge on any atom is 0.244 e. The third-order valence-corrected chi connectivity index (χ3v) is 3.93. The van der Waals surface area contributed by atoms with E-state index < -0.39 is 0 Å². The number of hydrogen-bond donors (Lipinski definition) is 1. The van der Waals surface area contributed by atoms with Gasteiger partial charge in [0.15, 0.2) is 0 Å². The van der Waals surface area contributed by atoms with Crippen molar-refractivity contribution in [2.75, 3.05) is 6.54 Å². The molecule has 2 atom stereocenters. The van der Waals surface area contributed by atoms with Gasteiger partial charge >= 0.3 is 0 Å². The van der Waals surface area contributed by atoms with Gasteiger partial charge in [-0.25, -0.2) is 4.39 Å². The van der Waals surface area contributed by atoms with Crippen molar-refractivity contribution < 1.29 is 8.91 Å². The highest BCUT2D eigenvalue weighted by atomic mass is 19.1. The minimum absolute atomic E-state index is 0.135. The second kappa shape index (κ2) is 5.71. The van der Waals surface area contributed by atoms with Crippen molar-refractivity contribution in [3.05, 3.63) is 36.0 Å². The first-order valence-electron chi connectivity index (χ1n) is 7.09. The maximum atomic E-state index is 12.9. The summed E-state index contributed by atoms with van der Waals surface area (Å²) in [4.78, 5) is 4.44. The van der Waals surface area contributed by atoms with Crippen molar-refractivity contribution >= 4 is 0 Å². The van der Waals surface area contributed by atoms with Gasteiger partial charge in [-0.2, -0.15) is 4.98 Å². The van der Waals surface area contributed by atoms with Gasteiger partial charge in [-0.15, -0.1) is 0 Å². The zero-order chi connectivity index (χ0) is 13.9. The highest BCUT2D eigenvalue weighted by molar-refractivity contribution is 5.53. The van der Waals surface area contributed by atoms with Crippen LogP contribution >= 0.6 is 0 Å². The molecule has 0 bridgehead atoms. The van der Waals surface area contributed by atoms with Crippen molar-refractivity contribution in [1.29, 1.82) is 0 Å². The number of benzene rings is 1. The van der Waals surface area contributed by atoms with Gasteiger partial charge in [0.2, 0.25) is 11.7 Å². The SMILES string of the molecule is CCC1CCNC(c2nc(-c3ccc(F)cc3)no2)C1. The highest BCUT2D eigenvalue weighted by Gasteiger charge is 2.26. The van der Waals surface area contributed by atoms with Crippen molar-refractivity contribution in [1.82, 2.24) is 15.5 Å². The third-order valence-electron chi connectivity index (χ3n) is 3.93. The summed E-state index contributed by atoms with van der Waals surface area (Å²) in [5.41, 5.74) is 0.768. The molecule has 1 saturated heterocycles. The third kappa shape index (κ3) is 2.72. The number of aromatic nitrogens is 2. The molecule has 4 nitrogen and oxygen atoms in total. The predicted octanol–water partition coefficient (Wildman–Crippen LogP) is 3.33. The van der Waals surface area contributed by atoms with Crippen LogP contribution in [0.4, 0.5) is 4.39 Å². The Hall–Kier alpha value is -1.75. The molecule has 2 unspecified atom stereocenters. The molecule has 20 heavy (non-hydrogen) atoms. The smallest absolute Gasteiger partial charge is 0.244 e. The van der Waals surface area contributed by atoms with Gasteiger partial charge in [0.25, 0.3) is 0 Å². The van der Waals surface area contributed by atoms with E-state index in [-0.39, 0.29) is 11.9 Å². The molecule has 0 aliphatic carbocycles. The lowest BCUT2D eigenvalue weighted by Gasteiger charge is -2.27. The van der Waals surface area contributed by atoms with Gasteiger partial charge < -0.3 is 9.84 Å². The van der Waals surface area contributed by atoms with Gasteiger partial charge in [-0.3, -0.25) is 0 Å². The summed E-state index contributed by atoms with van der Waals surface area (Å²) in [6, 6.07) is 6.25. The molecule has 3 rings (SSSR count). The Labute approximate surface area is 117 Å². The topological polar surface area (TPSA) is 51.0 Å². The van der Waals surface area contributed by atoms with E-state index in [4.69, 9.17) is 4.52 Å². The summed E-state index contributed by atoms with van der Waals surface area (Å²) in [6.07, 6.45) is 3.41. The van der Waals surface area contributed by atoms with Gasteiger partial charge in [0.05, 0.1) is 6.04 Å². The molecule has 2 heterocycles. The molecule has 0 spiro atoms. The Kier molecular flexibility index (Phi) is 3.78. The summed E-state index contributed by atoms with van der Waals surface area (Å²) in [7, 11) is 0. The van der Waals surface area contributed by atoms with Gasteiger partial charge in [0, 0.05) is 5.56 Å². The van der Waals surface area contributed by atoms with E-state index in [0.29, 0.717) is 17.6 Å². The van der Waals surface area contributed by atoms with Crippen LogP contribution in [0.5, 0.6) is 0 Å². The average Bonchev–Trinajstić information content (AvgIpc) is 2.98. The van der Waals surface area contributed by atoms with Crippen molar-refractivity contribution in [3.63, 3.8) is 0 Å². The van der Waals surface area contributed by atoms with Crippen LogP contribution in [0.1, 0.15) is 38.1 Å². The molecule has 0 amide bonds. The second-order valence-corrected chi connectivity index (χ2v) is 5.27. The van der Waals surface area contributed by atoms with E-state index in [9.17, 15) is 4.39 Å². The van der Waals surface area contributed by atoms with E-state index in [1.807, 2.05) is 0 Å². The van der Waals surface area contributed by atoms with Gasteiger partial charge in [-0.1, -0.05) is 18.5 Å². The number of nitrogens with zero attached hydrogens (tertiary/aromatic N) is 2. The monoisotopic (exact) mass is 275 g/mol. The zero-order valence-corrected chi connectivity index (χ0v) is 11.5. The van der Waals surface area contributed by atoms with Crippen LogP contribution in [-0.2, 0) is 0 Å². The first kappa shape index (κ1) is 13.2. The molecule has 0 saturated carbocycles. The molecule has 1 fully saturated rings. The lowest BCUT2D eigenvalue weighted by Crippen LogP contribution is -2.31. The van der Waals surface area contributed by atoms with E-state index in [2.05, 4.69) is 22.4 Å². The molecule has 5 heteroatoms. The van der Waals surface area contributed by atoms with E-state index in [0.717, 1.165) is 18.5 Å². The van der Waals surface area contributed by atoms with E-state index in [1.54, 1.807) is 12.1 Å². The summed E-state index contributed by atoms with van der Waals surface area (Å²) in [5, 5.41) is 7.41.